The quantitative estimate of drug-likeness (QED) is 0.358. The number of carboxylic acid groups (broad SMARTS) is 1. The molecular formula is C21H45NO3. The van der Waals surface area contributed by atoms with Crippen LogP contribution in [0, 0.1) is 0 Å². The standard InChI is InChI=1S/C18H37NO2.C3H8O/c1-4-5-6-7-8-9-10-11-12-13-14-15-17(19(2)3)16-18(20)21;1-2-3-4/h17H,4-16H2,1-3H3,(H,20,21);4H,2-3H2,1H3. The Hall–Kier alpha value is -0.610. The van der Waals surface area contributed by atoms with Crippen molar-refractivity contribution < 1.29 is 15.0 Å². The highest BCUT2D eigenvalue weighted by atomic mass is 16.4. The van der Waals surface area contributed by atoms with Crippen LogP contribution >= 0.6 is 0 Å². The predicted molar refractivity (Wildman–Crippen MR) is 108 cm³/mol. The highest BCUT2D eigenvalue weighted by molar-refractivity contribution is 5.67. The highest BCUT2D eigenvalue weighted by Gasteiger charge is 2.14. The third-order valence-electron chi connectivity index (χ3n) is 4.51. The van der Waals surface area contributed by atoms with Crippen molar-refractivity contribution in [2.45, 2.75) is 110 Å². The lowest BCUT2D eigenvalue weighted by atomic mass is 10.0. The maximum absolute atomic E-state index is 10.8. The maximum atomic E-state index is 10.8. The summed E-state index contributed by atoms with van der Waals surface area (Å²) in [4.78, 5) is 12.8. The van der Waals surface area contributed by atoms with Crippen LogP contribution in [-0.2, 0) is 4.79 Å². The van der Waals surface area contributed by atoms with E-state index in [4.69, 9.17) is 10.2 Å². The number of rotatable bonds is 16. The van der Waals surface area contributed by atoms with E-state index in [-0.39, 0.29) is 12.5 Å². The zero-order chi connectivity index (χ0) is 19.3. The lowest BCUT2D eigenvalue weighted by Crippen LogP contribution is -2.30. The average molecular weight is 360 g/mol. The van der Waals surface area contributed by atoms with Crippen molar-refractivity contribution in [1.29, 1.82) is 0 Å². The number of aliphatic carboxylic acids is 1. The first kappa shape index (κ1) is 26.6. The fraction of sp³-hybridized carbons (Fsp3) is 0.952. The Balaban J connectivity index is 0. The molecule has 0 fully saturated rings. The summed E-state index contributed by atoms with van der Waals surface area (Å²) >= 11 is 0. The van der Waals surface area contributed by atoms with Crippen LogP contribution in [0.3, 0.4) is 0 Å². The van der Waals surface area contributed by atoms with Gasteiger partial charge in [-0.2, -0.15) is 0 Å². The first-order valence-electron chi connectivity index (χ1n) is 10.5. The summed E-state index contributed by atoms with van der Waals surface area (Å²) in [5, 5.41) is 16.8. The Bertz CT molecular complexity index is 268. The van der Waals surface area contributed by atoms with Crippen LogP contribution < -0.4 is 0 Å². The summed E-state index contributed by atoms with van der Waals surface area (Å²) in [5.41, 5.74) is 0. The number of hydrogen-bond donors (Lipinski definition) is 2. The number of carbonyl (C=O) groups is 1. The summed E-state index contributed by atoms with van der Waals surface area (Å²) < 4.78 is 0. The van der Waals surface area contributed by atoms with Crippen molar-refractivity contribution in [2.24, 2.45) is 0 Å². The number of hydrogen-bond acceptors (Lipinski definition) is 3. The minimum atomic E-state index is -0.684. The predicted octanol–water partition coefficient (Wildman–Crippen LogP) is 5.48. The van der Waals surface area contributed by atoms with Gasteiger partial charge in [0.25, 0.3) is 0 Å². The van der Waals surface area contributed by atoms with Crippen LogP contribution in [0.1, 0.15) is 104 Å². The van der Waals surface area contributed by atoms with Crippen molar-refractivity contribution in [3.8, 4) is 0 Å². The molecule has 0 saturated heterocycles. The third-order valence-corrected chi connectivity index (χ3v) is 4.51. The van der Waals surface area contributed by atoms with Crippen molar-refractivity contribution in [3.63, 3.8) is 0 Å². The van der Waals surface area contributed by atoms with Gasteiger partial charge in [0.1, 0.15) is 0 Å². The van der Waals surface area contributed by atoms with Gasteiger partial charge in [-0.3, -0.25) is 4.79 Å². The molecule has 0 spiro atoms. The molecule has 0 aromatic rings. The number of unbranched alkanes of at least 4 members (excludes halogenated alkanes) is 10. The van der Waals surface area contributed by atoms with Gasteiger partial charge in [-0.25, -0.2) is 0 Å². The van der Waals surface area contributed by atoms with Gasteiger partial charge in [0.05, 0.1) is 6.42 Å². The molecule has 0 aliphatic heterocycles. The maximum Gasteiger partial charge on any atom is 0.304 e. The number of nitrogens with zero attached hydrogens (tertiary/aromatic N) is 1. The lowest BCUT2D eigenvalue weighted by molar-refractivity contribution is -0.138. The monoisotopic (exact) mass is 359 g/mol. The SMILES string of the molecule is CCCCCCCCCCCCCC(CC(=O)O)N(C)C.CCCO. The van der Waals surface area contributed by atoms with Gasteiger partial charge < -0.3 is 15.1 Å². The van der Waals surface area contributed by atoms with E-state index in [9.17, 15) is 4.79 Å². The van der Waals surface area contributed by atoms with Gasteiger partial charge in [0, 0.05) is 12.6 Å². The van der Waals surface area contributed by atoms with Crippen LogP contribution in [0.2, 0.25) is 0 Å². The van der Waals surface area contributed by atoms with Crippen LogP contribution in [0.25, 0.3) is 0 Å². The van der Waals surface area contributed by atoms with Gasteiger partial charge in [0.2, 0.25) is 0 Å². The minimum Gasteiger partial charge on any atom is -0.481 e. The molecule has 4 nitrogen and oxygen atoms in total. The summed E-state index contributed by atoms with van der Waals surface area (Å²) in [6, 6.07) is 0.195. The minimum absolute atomic E-state index is 0.195. The molecule has 0 amide bonds. The fourth-order valence-corrected chi connectivity index (χ4v) is 2.79. The fourth-order valence-electron chi connectivity index (χ4n) is 2.79. The summed E-state index contributed by atoms with van der Waals surface area (Å²) in [6.07, 6.45) is 16.9. The van der Waals surface area contributed by atoms with Crippen LogP contribution in [-0.4, -0.2) is 47.8 Å². The average Bonchev–Trinajstić information content (AvgIpc) is 2.58. The molecule has 1 unspecified atom stereocenters. The van der Waals surface area contributed by atoms with E-state index in [1.807, 2.05) is 25.9 Å². The van der Waals surface area contributed by atoms with Crippen molar-refractivity contribution in [2.75, 3.05) is 20.7 Å². The highest BCUT2D eigenvalue weighted by Crippen LogP contribution is 2.14. The molecule has 4 heteroatoms. The first-order valence-corrected chi connectivity index (χ1v) is 10.5. The first-order chi connectivity index (χ1) is 12.0. The van der Waals surface area contributed by atoms with E-state index in [1.54, 1.807) is 0 Å². The Morgan fingerprint density at radius 3 is 1.52 bits per heavy atom. The second kappa shape index (κ2) is 21.4. The number of aliphatic hydroxyl groups is 1. The second-order valence-corrected chi connectivity index (χ2v) is 7.26. The molecular weight excluding hydrogens is 314 g/mol. The van der Waals surface area contributed by atoms with E-state index in [2.05, 4.69) is 6.92 Å². The van der Waals surface area contributed by atoms with Crippen LogP contribution in [0.4, 0.5) is 0 Å². The Morgan fingerprint density at radius 2 is 1.20 bits per heavy atom. The normalized spacial score (nSPS) is 11.9. The molecule has 25 heavy (non-hydrogen) atoms. The Morgan fingerprint density at radius 1 is 0.800 bits per heavy atom. The third kappa shape index (κ3) is 23.4. The molecule has 0 aromatic carbocycles. The molecule has 0 bridgehead atoms. The summed E-state index contributed by atoms with van der Waals surface area (Å²) in [5.74, 6) is -0.684. The van der Waals surface area contributed by atoms with E-state index >= 15 is 0 Å². The van der Waals surface area contributed by atoms with Gasteiger partial charge in [0.15, 0.2) is 0 Å². The summed E-state index contributed by atoms with van der Waals surface area (Å²) in [7, 11) is 3.96. The number of carboxylic acids is 1. The molecule has 0 aliphatic carbocycles. The second-order valence-electron chi connectivity index (χ2n) is 7.26. The topological polar surface area (TPSA) is 60.8 Å². The van der Waals surface area contributed by atoms with Gasteiger partial charge >= 0.3 is 5.97 Å². The van der Waals surface area contributed by atoms with E-state index in [0.717, 1.165) is 19.3 Å². The molecule has 2 N–H and O–H groups in total. The Kier molecular flexibility index (Phi) is 22.8. The molecule has 0 aliphatic rings. The Labute approximate surface area is 157 Å². The van der Waals surface area contributed by atoms with E-state index < -0.39 is 5.97 Å². The molecule has 0 heterocycles. The van der Waals surface area contributed by atoms with Crippen LogP contribution in [0.15, 0.2) is 0 Å². The molecule has 0 radical (unpaired) electrons. The smallest absolute Gasteiger partial charge is 0.304 e. The van der Waals surface area contributed by atoms with Gasteiger partial charge in [-0.05, 0) is 26.9 Å². The molecule has 0 rings (SSSR count). The van der Waals surface area contributed by atoms with Crippen molar-refractivity contribution >= 4 is 5.97 Å². The molecule has 152 valence electrons. The van der Waals surface area contributed by atoms with Crippen LogP contribution in [0.5, 0.6) is 0 Å². The molecule has 0 aromatic heterocycles. The van der Waals surface area contributed by atoms with Crippen molar-refractivity contribution in [1.82, 2.24) is 4.90 Å². The van der Waals surface area contributed by atoms with Gasteiger partial charge in [-0.15, -0.1) is 0 Å². The summed E-state index contributed by atoms with van der Waals surface area (Å²) in [6.45, 7) is 4.51. The number of aliphatic hydroxyl groups excluding tert-OH is 1. The van der Waals surface area contributed by atoms with Gasteiger partial charge in [-0.1, -0.05) is 84.5 Å². The largest absolute Gasteiger partial charge is 0.481 e. The van der Waals surface area contributed by atoms with Crippen molar-refractivity contribution in [3.05, 3.63) is 0 Å². The van der Waals surface area contributed by atoms with E-state index in [1.165, 1.54) is 64.2 Å². The molecule has 1 atom stereocenters. The van der Waals surface area contributed by atoms with E-state index in [0.29, 0.717) is 6.61 Å². The lowest BCUT2D eigenvalue weighted by Gasteiger charge is -2.22. The zero-order valence-corrected chi connectivity index (χ0v) is 17.4. The zero-order valence-electron chi connectivity index (χ0n) is 17.4. The molecule has 0 saturated carbocycles.